The van der Waals surface area contributed by atoms with E-state index in [0.29, 0.717) is 44.6 Å². The third kappa shape index (κ3) is 8.89. The lowest BCUT2D eigenvalue weighted by molar-refractivity contribution is -0.141. The molecule has 37 heavy (non-hydrogen) atoms. The fraction of sp³-hybridized carbons (Fsp3) is 0.483. The van der Waals surface area contributed by atoms with Gasteiger partial charge in [0, 0.05) is 18.9 Å². The molecule has 2 aromatic carbocycles. The normalized spacial score (nSPS) is 20.3. The van der Waals surface area contributed by atoms with Crippen molar-refractivity contribution in [1.82, 2.24) is 16.1 Å². The summed E-state index contributed by atoms with van der Waals surface area (Å²) in [7, 11) is 0. The van der Waals surface area contributed by atoms with Crippen LogP contribution in [0.3, 0.4) is 0 Å². The van der Waals surface area contributed by atoms with E-state index in [-0.39, 0.29) is 11.8 Å². The monoisotopic (exact) mass is 509 g/mol. The summed E-state index contributed by atoms with van der Waals surface area (Å²) in [6.45, 7) is 2.85. The maximum atomic E-state index is 13.6. The Morgan fingerprint density at radius 3 is 2.49 bits per heavy atom. The van der Waals surface area contributed by atoms with E-state index in [1.807, 2.05) is 54.6 Å². The van der Waals surface area contributed by atoms with Crippen molar-refractivity contribution in [1.29, 1.82) is 0 Å². The van der Waals surface area contributed by atoms with Crippen LogP contribution in [0.1, 0.15) is 63.0 Å². The predicted octanol–water partition coefficient (Wildman–Crippen LogP) is 3.91. The number of hydroxylamine groups is 1. The van der Waals surface area contributed by atoms with Gasteiger partial charge in [-0.25, -0.2) is 5.48 Å². The Morgan fingerprint density at radius 1 is 1.03 bits per heavy atom. The van der Waals surface area contributed by atoms with Gasteiger partial charge in [-0.15, -0.1) is 0 Å². The topological polar surface area (TPSA) is 117 Å². The molecule has 2 heterocycles. The highest BCUT2D eigenvalue weighted by molar-refractivity contribution is 5.91. The minimum Gasteiger partial charge on any atom is -0.494 e. The van der Waals surface area contributed by atoms with Crippen LogP contribution in [-0.4, -0.2) is 35.6 Å². The molecule has 0 spiro atoms. The Balaban J connectivity index is 1.85. The summed E-state index contributed by atoms with van der Waals surface area (Å²) in [5.74, 6) is -1.92. The van der Waals surface area contributed by atoms with Gasteiger partial charge in [0.15, 0.2) is 0 Å². The second kappa shape index (κ2) is 15.0. The summed E-state index contributed by atoms with van der Waals surface area (Å²) in [4.78, 5) is 39.6. The first-order valence-electron chi connectivity index (χ1n) is 13.3. The zero-order chi connectivity index (χ0) is 26.5. The smallest absolute Gasteiger partial charge is 0.247 e. The number of rotatable bonds is 9. The van der Waals surface area contributed by atoms with Gasteiger partial charge in [0.25, 0.3) is 0 Å². The third-order valence-electron chi connectivity index (χ3n) is 6.87. The standard InChI is InChI=1S/C29H39N3O5/c1-2-3-4-8-12-24-25(28(34)32-36)13-9-18-37-23-16-14-21(15-17-23)19-26(31-27(24)33)29(35)30-20-22-10-6-5-7-11-22/h5-7,10-11,14-17,24-26,36H,2-4,8-9,12-13,18-20H2,1H3,(H,30,35)(H,31,33)(H,32,34)/t24-,25+,26+/m1/s1. The van der Waals surface area contributed by atoms with Crippen LogP contribution in [0, 0.1) is 11.8 Å². The van der Waals surface area contributed by atoms with Crippen LogP contribution in [0.25, 0.3) is 0 Å². The highest BCUT2D eigenvalue weighted by Crippen LogP contribution is 2.26. The second-order valence-electron chi connectivity index (χ2n) is 9.64. The molecule has 0 aromatic heterocycles. The van der Waals surface area contributed by atoms with Crippen molar-refractivity contribution in [3.63, 3.8) is 0 Å². The van der Waals surface area contributed by atoms with Crippen LogP contribution >= 0.6 is 0 Å². The SMILES string of the molecule is CCCCCC[C@H]1C(=O)N[C@H](C(=O)NCc2ccccc2)Cc2ccc(cc2)OCCC[C@@H]1C(=O)NO. The summed E-state index contributed by atoms with van der Waals surface area (Å²) in [5, 5.41) is 15.3. The van der Waals surface area contributed by atoms with Crippen molar-refractivity contribution in [2.45, 2.75) is 70.9 Å². The highest BCUT2D eigenvalue weighted by Gasteiger charge is 2.35. The zero-order valence-corrected chi connectivity index (χ0v) is 21.6. The number of benzene rings is 2. The van der Waals surface area contributed by atoms with Crippen molar-refractivity contribution in [2.24, 2.45) is 11.8 Å². The molecule has 3 atom stereocenters. The summed E-state index contributed by atoms with van der Waals surface area (Å²) in [6, 6.07) is 16.2. The first-order valence-corrected chi connectivity index (χ1v) is 13.3. The number of carbonyl (C=O) groups excluding carboxylic acids is 3. The van der Waals surface area contributed by atoms with Crippen LogP contribution in [0.2, 0.25) is 0 Å². The van der Waals surface area contributed by atoms with Crippen LogP contribution in [0.15, 0.2) is 54.6 Å². The van der Waals surface area contributed by atoms with Crippen molar-refractivity contribution in [3.8, 4) is 5.75 Å². The van der Waals surface area contributed by atoms with Gasteiger partial charge < -0.3 is 15.4 Å². The summed E-state index contributed by atoms with van der Waals surface area (Å²) < 4.78 is 5.83. The molecule has 4 rings (SSSR count). The molecule has 2 aromatic rings. The molecule has 0 aliphatic carbocycles. The largest absolute Gasteiger partial charge is 0.494 e. The first kappa shape index (κ1) is 28.2. The molecular formula is C29H39N3O5. The van der Waals surface area contributed by atoms with Crippen LogP contribution in [0.5, 0.6) is 5.75 Å². The number of ether oxygens (including phenoxy) is 1. The van der Waals surface area contributed by atoms with Gasteiger partial charge in [-0.3, -0.25) is 19.6 Å². The molecule has 2 aliphatic heterocycles. The van der Waals surface area contributed by atoms with E-state index < -0.39 is 23.8 Å². The minimum absolute atomic E-state index is 0.294. The van der Waals surface area contributed by atoms with Crippen molar-refractivity contribution in [3.05, 3.63) is 65.7 Å². The van der Waals surface area contributed by atoms with Crippen molar-refractivity contribution >= 4 is 17.7 Å². The van der Waals surface area contributed by atoms with E-state index in [9.17, 15) is 19.6 Å². The van der Waals surface area contributed by atoms with E-state index in [1.54, 1.807) is 5.48 Å². The fourth-order valence-corrected chi connectivity index (χ4v) is 4.75. The van der Waals surface area contributed by atoms with Gasteiger partial charge in [0.05, 0.1) is 12.5 Å². The van der Waals surface area contributed by atoms with Crippen LogP contribution < -0.4 is 20.9 Å². The van der Waals surface area contributed by atoms with Gasteiger partial charge in [-0.2, -0.15) is 0 Å². The minimum atomic E-state index is -0.818. The van der Waals surface area contributed by atoms with E-state index >= 15 is 0 Å². The van der Waals surface area contributed by atoms with Gasteiger partial charge in [-0.05, 0) is 42.5 Å². The third-order valence-corrected chi connectivity index (χ3v) is 6.87. The molecule has 200 valence electrons. The number of hydrogen-bond donors (Lipinski definition) is 4. The van der Waals surface area contributed by atoms with Gasteiger partial charge in [0.1, 0.15) is 11.8 Å². The molecule has 0 fully saturated rings. The maximum Gasteiger partial charge on any atom is 0.247 e. The lowest BCUT2D eigenvalue weighted by atomic mass is 9.82. The number of carbonyl (C=O) groups is 3. The molecule has 0 saturated heterocycles. The lowest BCUT2D eigenvalue weighted by Crippen LogP contribution is -2.51. The molecule has 0 unspecified atom stereocenters. The summed E-state index contributed by atoms with van der Waals surface area (Å²) in [6.07, 6.45) is 5.53. The number of hydrogen-bond acceptors (Lipinski definition) is 5. The van der Waals surface area contributed by atoms with E-state index in [0.717, 1.165) is 36.8 Å². The molecule has 3 amide bonds. The Hall–Kier alpha value is -3.39. The summed E-state index contributed by atoms with van der Waals surface area (Å²) in [5.41, 5.74) is 3.59. The quantitative estimate of drug-likeness (QED) is 0.232. The molecule has 2 aliphatic rings. The number of nitrogens with one attached hydrogen (secondary N) is 3. The molecule has 0 saturated carbocycles. The Labute approximate surface area is 219 Å². The average Bonchev–Trinajstić information content (AvgIpc) is 2.92. The molecule has 0 radical (unpaired) electrons. The zero-order valence-electron chi connectivity index (χ0n) is 21.6. The van der Waals surface area contributed by atoms with Crippen molar-refractivity contribution < 1.29 is 24.3 Å². The molecule has 2 bridgehead atoms. The number of fused-ring (bicyclic) bond motifs is 11. The highest BCUT2D eigenvalue weighted by atomic mass is 16.5. The van der Waals surface area contributed by atoms with E-state index in [2.05, 4.69) is 17.6 Å². The van der Waals surface area contributed by atoms with Crippen molar-refractivity contribution in [2.75, 3.05) is 6.61 Å². The molecule has 4 N–H and O–H groups in total. The number of amides is 3. The average molecular weight is 510 g/mol. The maximum absolute atomic E-state index is 13.6. The Kier molecular flexibility index (Phi) is 11.4. The molecular weight excluding hydrogens is 470 g/mol. The lowest BCUT2D eigenvalue weighted by Gasteiger charge is -2.28. The Morgan fingerprint density at radius 2 is 1.78 bits per heavy atom. The van der Waals surface area contributed by atoms with Gasteiger partial charge in [0.2, 0.25) is 17.7 Å². The first-order chi connectivity index (χ1) is 18.0. The second-order valence-corrected chi connectivity index (χ2v) is 9.64. The van der Waals surface area contributed by atoms with E-state index in [4.69, 9.17) is 4.74 Å². The van der Waals surface area contributed by atoms with Crippen LogP contribution in [0.4, 0.5) is 0 Å². The van der Waals surface area contributed by atoms with Gasteiger partial charge in [-0.1, -0.05) is 75.1 Å². The Bertz CT molecular complexity index is 996. The van der Waals surface area contributed by atoms with E-state index in [1.165, 1.54) is 0 Å². The number of unbranched alkanes of at least 4 members (excludes halogenated alkanes) is 3. The van der Waals surface area contributed by atoms with Gasteiger partial charge >= 0.3 is 0 Å². The molecule has 8 heteroatoms. The predicted molar refractivity (Wildman–Crippen MR) is 141 cm³/mol. The fourth-order valence-electron chi connectivity index (χ4n) is 4.75. The summed E-state index contributed by atoms with van der Waals surface area (Å²) >= 11 is 0. The van der Waals surface area contributed by atoms with Crippen LogP contribution in [-0.2, 0) is 27.3 Å². The molecule has 8 nitrogen and oxygen atoms in total.